The second kappa shape index (κ2) is 14.0. The lowest BCUT2D eigenvalue weighted by Crippen LogP contribution is -2.29. The third-order valence-corrected chi connectivity index (χ3v) is 9.74. The number of benzene rings is 4. The van der Waals surface area contributed by atoms with Gasteiger partial charge in [-0.05, 0) is 93.1 Å². The maximum atomic E-state index is 5.25. The van der Waals surface area contributed by atoms with Crippen LogP contribution in [0.4, 0.5) is 11.4 Å². The molecule has 2 heteroatoms. The molecule has 2 heterocycles. The van der Waals surface area contributed by atoms with E-state index in [9.17, 15) is 0 Å². The summed E-state index contributed by atoms with van der Waals surface area (Å²) in [4.78, 5) is 10.3. The topological polar surface area (TPSA) is 24.7 Å². The molecule has 0 N–H and O–H groups in total. The van der Waals surface area contributed by atoms with Gasteiger partial charge >= 0.3 is 0 Å². The van der Waals surface area contributed by atoms with E-state index >= 15 is 0 Å². The first-order chi connectivity index (χ1) is 25.0. The van der Waals surface area contributed by atoms with Gasteiger partial charge in [0, 0.05) is 27.8 Å². The van der Waals surface area contributed by atoms with Gasteiger partial charge in [-0.1, -0.05) is 140 Å². The third kappa shape index (κ3) is 5.19. The lowest BCUT2D eigenvalue weighted by atomic mass is 9.69. The number of aliphatic imine (C=N–C) groups is 2. The van der Waals surface area contributed by atoms with Gasteiger partial charge in [-0.25, -0.2) is 4.99 Å². The van der Waals surface area contributed by atoms with Gasteiger partial charge in [0.2, 0.25) is 0 Å². The largest absolute Gasteiger partial charge is 0.251 e. The van der Waals surface area contributed by atoms with Gasteiger partial charge in [0.15, 0.2) is 0 Å². The van der Waals surface area contributed by atoms with Gasteiger partial charge < -0.3 is 0 Å². The maximum absolute atomic E-state index is 5.25. The number of fused-ring (bicyclic) bond motifs is 7. The number of rotatable bonds is 7. The molecule has 1 spiro atoms. The zero-order valence-corrected chi connectivity index (χ0v) is 30.4. The minimum absolute atomic E-state index is 0.336. The Labute approximate surface area is 303 Å². The Hall–Kier alpha value is -6.08. The molecule has 0 aromatic heterocycles. The predicted octanol–water partition coefficient (Wildman–Crippen LogP) is 13.9. The fourth-order valence-electron chi connectivity index (χ4n) is 7.58. The van der Waals surface area contributed by atoms with Gasteiger partial charge in [0.25, 0.3) is 0 Å². The fourth-order valence-corrected chi connectivity index (χ4v) is 7.58. The van der Waals surface area contributed by atoms with E-state index in [1.54, 1.807) is 6.08 Å². The van der Waals surface area contributed by atoms with E-state index in [-0.39, 0.29) is 5.41 Å². The Kier molecular flexibility index (Phi) is 9.57. The van der Waals surface area contributed by atoms with Gasteiger partial charge in [-0.2, -0.15) is 0 Å². The zero-order valence-electron chi connectivity index (χ0n) is 30.4. The van der Waals surface area contributed by atoms with E-state index < -0.39 is 0 Å². The van der Waals surface area contributed by atoms with Crippen molar-refractivity contribution in [2.45, 2.75) is 34.6 Å². The highest BCUT2D eigenvalue weighted by Crippen LogP contribution is 2.66. The Morgan fingerprint density at radius 1 is 0.686 bits per heavy atom. The summed E-state index contributed by atoms with van der Waals surface area (Å²) < 4.78 is 0. The molecule has 2 aliphatic carbocycles. The van der Waals surface area contributed by atoms with E-state index in [2.05, 4.69) is 105 Å². The number of hydrogen-bond donors (Lipinski definition) is 0. The second-order valence-corrected chi connectivity index (χ2v) is 12.0. The number of para-hydroxylation sites is 1. The first kappa shape index (κ1) is 34.8. The first-order valence-corrected chi connectivity index (χ1v) is 17.8. The molecule has 0 amide bonds. The number of allylic oxidation sites excluding steroid dienone is 10. The molecule has 0 saturated carbocycles. The van der Waals surface area contributed by atoms with Crippen LogP contribution in [0.5, 0.6) is 0 Å². The summed E-state index contributed by atoms with van der Waals surface area (Å²) in [6.07, 6.45) is 17.9. The second-order valence-electron chi connectivity index (χ2n) is 12.0. The van der Waals surface area contributed by atoms with Crippen molar-refractivity contribution in [1.29, 1.82) is 0 Å². The summed E-state index contributed by atoms with van der Waals surface area (Å²) in [5.41, 5.74) is 19.8. The Bertz CT molecular complexity index is 2420. The van der Waals surface area contributed by atoms with Crippen molar-refractivity contribution in [3.8, 4) is 11.1 Å². The van der Waals surface area contributed by atoms with Crippen LogP contribution in [-0.4, -0.2) is 11.4 Å². The average molecular weight is 661 g/mol. The van der Waals surface area contributed by atoms with Crippen molar-refractivity contribution in [1.82, 2.24) is 0 Å². The fraction of sp³-hybridized carbons (Fsp3) is 0.122. The molecule has 0 radical (unpaired) electrons. The van der Waals surface area contributed by atoms with Crippen molar-refractivity contribution in [2.24, 2.45) is 15.4 Å². The van der Waals surface area contributed by atoms with E-state index in [0.29, 0.717) is 0 Å². The summed E-state index contributed by atoms with van der Waals surface area (Å²) in [5.74, 6) is 0. The molecule has 0 fully saturated rings. The molecular weight excluding hydrogens is 617 g/mol. The SMILES string of the molecule is C=CC1=Nc2c(C=C)c(C=C)c3cc(-c4ccc5c(c4)C(C=C)=C(C=C)C46C=C4c4ccccc4N=C56)ccc3c2C=C=C1/C=C\C.CC.CC. The monoisotopic (exact) mass is 660 g/mol. The lowest BCUT2D eigenvalue weighted by molar-refractivity contribution is 0.957. The molecule has 4 aromatic rings. The van der Waals surface area contributed by atoms with Crippen LogP contribution in [0, 0.1) is 5.41 Å². The van der Waals surface area contributed by atoms with Crippen molar-refractivity contribution >= 4 is 62.9 Å². The van der Waals surface area contributed by atoms with Crippen molar-refractivity contribution < 1.29 is 0 Å². The Balaban J connectivity index is 0.00000108. The van der Waals surface area contributed by atoms with Crippen LogP contribution in [0.15, 0.2) is 157 Å². The zero-order chi connectivity index (χ0) is 36.4. The molecule has 250 valence electrons. The lowest BCUT2D eigenvalue weighted by Gasteiger charge is -2.34. The summed E-state index contributed by atoms with van der Waals surface area (Å²) in [6, 6.07) is 21.7. The minimum atomic E-state index is -0.336. The standard InChI is InChI=1S/C45H32N2.2C2H6/c1-7-15-27-18-22-34-33-21-19-28(24-37(33)30(8-2)32(10-4)43(34)46-41(27)12-6)29-20-23-35-38(25-29)31(9-3)39(11-5)45-26-40(45)36-16-13-14-17-42(36)47-44(35)45;2*1-2/h7-17,19-26H,2-6H2,1H3;2*1-2H3/b15-7-;;. The van der Waals surface area contributed by atoms with Crippen LogP contribution >= 0.6 is 0 Å². The van der Waals surface area contributed by atoms with E-state index in [4.69, 9.17) is 9.98 Å². The van der Waals surface area contributed by atoms with Gasteiger partial charge in [-0.15, -0.1) is 5.73 Å². The van der Waals surface area contributed by atoms with Gasteiger partial charge in [0.05, 0.1) is 28.2 Å². The van der Waals surface area contributed by atoms with E-state index in [0.717, 1.165) is 89.2 Å². The van der Waals surface area contributed by atoms with Crippen LogP contribution in [0.2, 0.25) is 0 Å². The van der Waals surface area contributed by atoms with Gasteiger partial charge in [-0.3, -0.25) is 4.99 Å². The summed E-state index contributed by atoms with van der Waals surface area (Å²) in [7, 11) is 0. The molecule has 2 aliphatic heterocycles. The molecule has 4 aromatic carbocycles. The smallest absolute Gasteiger partial charge is 0.0827 e. The first-order valence-electron chi connectivity index (χ1n) is 17.8. The summed E-state index contributed by atoms with van der Waals surface area (Å²) >= 11 is 0. The minimum Gasteiger partial charge on any atom is -0.251 e. The van der Waals surface area contributed by atoms with Gasteiger partial charge in [0.1, 0.15) is 0 Å². The Morgan fingerprint density at radius 3 is 2.10 bits per heavy atom. The molecule has 51 heavy (non-hydrogen) atoms. The highest BCUT2D eigenvalue weighted by Gasteiger charge is 2.57. The van der Waals surface area contributed by atoms with E-state index in [1.807, 2.05) is 77.2 Å². The molecule has 2 nitrogen and oxygen atoms in total. The normalized spacial score (nSPS) is 17.1. The highest BCUT2D eigenvalue weighted by atomic mass is 14.8. The Morgan fingerprint density at radius 2 is 1.41 bits per heavy atom. The van der Waals surface area contributed by atoms with Crippen LogP contribution in [0.25, 0.3) is 51.3 Å². The molecule has 0 saturated heterocycles. The molecule has 8 rings (SSSR count). The molecular formula is C49H44N2. The van der Waals surface area contributed by atoms with Crippen molar-refractivity contribution in [3.63, 3.8) is 0 Å². The quantitative estimate of drug-likeness (QED) is 0.176. The number of hydrogen-bond acceptors (Lipinski definition) is 2. The van der Waals surface area contributed by atoms with E-state index in [1.165, 1.54) is 11.1 Å². The molecule has 4 aliphatic rings. The third-order valence-electron chi connectivity index (χ3n) is 9.74. The van der Waals surface area contributed by atoms with Crippen molar-refractivity contribution in [2.75, 3.05) is 0 Å². The van der Waals surface area contributed by atoms with Crippen LogP contribution < -0.4 is 0 Å². The number of nitrogens with zero attached hydrogens (tertiary/aromatic N) is 2. The summed E-state index contributed by atoms with van der Waals surface area (Å²) in [6.45, 7) is 30.9. The van der Waals surface area contributed by atoms with Crippen LogP contribution in [-0.2, 0) is 0 Å². The maximum Gasteiger partial charge on any atom is 0.0827 e. The predicted molar refractivity (Wildman–Crippen MR) is 226 cm³/mol. The summed E-state index contributed by atoms with van der Waals surface area (Å²) in [5, 5.41) is 2.16. The molecule has 1 atom stereocenters. The van der Waals surface area contributed by atoms with Crippen LogP contribution in [0.3, 0.4) is 0 Å². The molecule has 1 unspecified atom stereocenters. The molecule has 0 bridgehead atoms. The van der Waals surface area contributed by atoms with Crippen LogP contribution in [0.1, 0.15) is 68.0 Å². The highest BCUT2D eigenvalue weighted by molar-refractivity contribution is 6.30. The average Bonchev–Trinajstić information content (AvgIpc) is 3.97. The van der Waals surface area contributed by atoms with Crippen molar-refractivity contribution in [3.05, 3.63) is 180 Å².